The number of benzene rings is 2. The van der Waals surface area contributed by atoms with Crippen LogP contribution in [0.3, 0.4) is 0 Å². The first kappa shape index (κ1) is 19.3. The summed E-state index contributed by atoms with van der Waals surface area (Å²) in [6.07, 6.45) is -0.571. The Balaban J connectivity index is 1.66. The highest BCUT2D eigenvalue weighted by Crippen LogP contribution is 2.36. The molecule has 6 nitrogen and oxygen atoms in total. The molecular weight excluding hydrogens is 391 g/mol. The zero-order valence-electron chi connectivity index (χ0n) is 14.8. The van der Waals surface area contributed by atoms with Crippen molar-refractivity contribution in [3.8, 4) is 11.5 Å². The molecular formula is C19H18Cl2N2O4. The van der Waals surface area contributed by atoms with Crippen LogP contribution in [0, 0.1) is 0 Å². The quantitative estimate of drug-likeness (QED) is 0.806. The minimum Gasteiger partial charge on any atom is -0.482 e. The van der Waals surface area contributed by atoms with Gasteiger partial charge in [-0.1, -0.05) is 23.2 Å². The standard InChI is InChI=1S/C19H18Cl2N2O4/c1-3-23-15-6-5-13(9-17(15)27-11(2)19(23)25)22-18(24)10-26-16-7-4-12(20)8-14(16)21/h4-9,11H,3,10H2,1-2H3,(H,22,24). The maximum atomic E-state index is 12.2. The van der Waals surface area contributed by atoms with E-state index in [9.17, 15) is 9.59 Å². The van der Waals surface area contributed by atoms with Gasteiger partial charge >= 0.3 is 0 Å². The first-order chi connectivity index (χ1) is 12.9. The molecule has 0 radical (unpaired) electrons. The molecule has 0 bridgehead atoms. The van der Waals surface area contributed by atoms with Gasteiger partial charge in [0, 0.05) is 23.3 Å². The van der Waals surface area contributed by atoms with Crippen LogP contribution in [0.15, 0.2) is 36.4 Å². The number of anilines is 2. The molecule has 0 aliphatic carbocycles. The molecule has 1 heterocycles. The van der Waals surface area contributed by atoms with E-state index in [0.717, 1.165) is 0 Å². The summed E-state index contributed by atoms with van der Waals surface area (Å²) in [5, 5.41) is 3.55. The normalized spacial score (nSPS) is 15.8. The Morgan fingerprint density at radius 1 is 1.26 bits per heavy atom. The van der Waals surface area contributed by atoms with Gasteiger partial charge in [0.05, 0.1) is 10.7 Å². The fourth-order valence-electron chi connectivity index (χ4n) is 2.75. The van der Waals surface area contributed by atoms with Crippen molar-refractivity contribution in [2.75, 3.05) is 23.4 Å². The van der Waals surface area contributed by atoms with Gasteiger partial charge in [0.25, 0.3) is 11.8 Å². The number of fused-ring (bicyclic) bond motifs is 1. The molecule has 0 saturated heterocycles. The minimum absolute atomic E-state index is 0.0879. The molecule has 2 aromatic carbocycles. The molecule has 0 spiro atoms. The van der Waals surface area contributed by atoms with E-state index in [4.69, 9.17) is 32.7 Å². The van der Waals surface area contributed by atoms with E-state index in [1.54, 1.807) is 48.2 Å². The Hall–Kier alpha value is -2.44. The van der Waals surface area contributed by atoms with Gasteiger partial charge in [0.15, 0.2) is 12.7 Å². The lowest BCUT2D eigenvalue weighted by atomic mass is 10.1. The van der Waals surface area contributed by atoms with Gasteiger partial charge in [0.1, 0.15) is 11.5 Å². The molecule has 2 amide bonds. The fraction of sp³-hybridized carbons (Fsp3) is 0.263. The molecule has 0 fully saturated rings. The summed E-state index contributed by atoms with van der Waals surface area (Å²) in [4.78, 5) is 26.0. The van der Waals surface area contributed by atoms with Gasteiger partial charge in [-0.2, -0.15) is 0 Å². The van der Waals surface area contributed by atoms with Crippen molar-refractivity contribution in [3.63, 3.8) is 0 Å². The zero-order valence-corrected chi connectivity index (χ0v) is 16.3. The van der Waals surface area contributed by atoms with Gasteiger partial charge in [-0.25, -0.2) is 0 Å². The molecule has 27 heavy (non-hydrogen) atoms. The monoisotopic (exact) mass is 408 g/mol. The van der Waals surface area contributed by atoms with Crippen molar-refractivity contribution in [1.82, 2.24) is 0 Å². The first-order valence-corrected chi connectivity index (χ1v) is 9.14. The molecule has 1 N–H and O–H groups in total. The van der Waals surface area contributed by atoms with Crippen LogP contribution in [0.5, 0.6) is 11.5 Å². The molecule has 1 atom stereocenters. The molecule has 0 saturated carbocycles. The van der Waals surface area contributed by atoms with E-state index < -0.39 is 6.10 Å². The van der Waals surface area contributed by atoms with Crippen LogP contribution < -0.4 is 19.7 Å². The summed E-state index contributed by atoms with van der Waals surface area (Å²) >= 11 is 11.8. The Morgan fingerprint density at radius 3 is 2.74 bits per heavy atom. The van der Waals surface area contributed by atoms with Gasteiger partial charge in [0.2, 0.25) is 0 Å². The molecule has 8 heteroatoms. The van der Waals surface area contributed by atoms with E-state index in [2.05, 4.69) is 5.32 Å². The first-order valence-electron chi connectivity index (χ1n) is 8.39. The molecule has 1 unspecified atom stereocenters. The van der Waals surface area contributed by atoms with Crippen molar-refractivity contribution in [2.24, 2.45) is 0 Å². The lowest BCUT2D eigenvalue weighted by Crippen LogP contribution is -2.44. The topological polar surface area (TPSA) is 67.9 Å². The summed E-state index contributed by atoms with van der Waals surface area (Å²) in [5.41, 5.74) is 1.23. The maximum Gasteiger partial charge on any atom is 0.267 e. The fourth-order valence-corrected chi connectivity index (χ4v) is 3.21. The Labute approximate surface area is 167 Å². The number of carbonyl (C=O) groups is 2. The lowest BCUT2D eigenvalue weighted by Gasteiger charge is -2.32. The highest BCUT2D eigenvalue weighted by molar-refractivity contribution is 6.35. The Morgan fingerprint density at radius 2 is 2.04 bits per heavy atom. The second kappa shape index (κ2) is 8.06. The predicted molar refractivity (Wildman–Crippen MR) is 105 cm³/mol. The maximum absolute atomic E-state index is 12.2. The molecule has 0 aromatic heterocycles. The second-order valence-corrected chi connectivity index (χ2v) is 6.78. The van der Waals surface area contributed by atoms with Crippen molar-refractivity contribution in [3.05, 3.63) is 46.4 Å². The summed E-state index contributed by atoms with van der Waals surface area (Å²) < 4.78 is 11.1. The molecule has 1 aliphatic rings. The molecule has 2 aromatic rings. The number of nitrogens with zero attached hydrogens (tertiary/aromatic N) is 1. The minimum atomic E-state index is -0.571. The van der Waals surface area contributed by atoms with Gasteiger partial charge in [-0.3, -0.25) is 9.59 Å². The molecule has 142 valence electrons. The smallest absolute Gasteiger partial charge is 0.267 e. The van der Waals surface area contributed by atoms with Crippen LogP contribution in [0.1, 0.15) is 13.8 Å². The summed E-state index contributed by atoms with van der Waals surface area (Å²) in [5.74, 6) is 0.475. The average molecular weight is 409 g/mol. The van der Waals surface area contributed by atoms with Crippen molar-refractivity contribution in [1.29, 1.82) is 0 Å². The van der Waals surface area contributed by atoms with Crippen LogP contribution in [-0.2, 0) is 9.59 Å². The van der Waals surface area contributed by atoms with Crippen LogP contribution in [0.4, 0.5) is 11.4 Å². The third-order valence-electron chi connectivity index (χ3n) is 4.02. The van der Waals surface area contributed by atoms with Crippen molar-refractivity contribution >= 4 is 46.4 Å². The second-order valence-electron chi connectivity index (χ2n) is 5.94. The average Bonchev–Trinajstić information content (AvgIpc) is 2.62. The van der Waals surface area contributed by atoms with Crippen molar-refractivity contribution < 1.29 is 19.1 Å². The number of hydrogen-bond acceptors (Lipinski definition) is 4. The van der Waals surface area contributed by atoms with Crippen LogP contribution in [-0.4, -0.2) is 31.1 Å². The summed E-state index contributed by atoms with van der Waals surface area (Å²) in [6.45, 7) is 3.92. The van der Waals surface area contributed by atoms with E-state index >= 15 is 0 Å². The van der Waals surface area contributed by atoms with E-state index in [0.29, 0.717) is 39.5 Å². The number of likely N-dealkylation sites (N-methyl/N-ethyl adjacent to an activating group) is 1. The number of ether oxygens (including phenoxy) is 2. The number of halogens is 2. The molecule has 1 aliphatic heterocycles. The number of hydrogen-bond donors (Lipinski definition) is 1. The van der Waals surface area contributed by atoms with Crippen LogP contribution in [0.2, 0.25) is 10.0 Å². The zero-order chi connectivity index (χ0) is 19.6. The third kappa shape index (κ3) is 4.28. The SMILES string of the molecule is CCN1C(=O)C(C)Oc2cc(NC(=O)COc3ccc(Cl)cc3Cl)ccc21. The highest BCUT2D eigenvalue weighted by atomic mass is 35.5. The predicted octanol–water partition coefficient (Wildman–Crippen LogP) is 4.14. The third-order valence-corrected chi connectivity index (χ3v) is 4.55. The largest absolute Gasteiger partial charge is 0.482 e. The number of amides is 2. The molecule has 3 rings (SSSR count). The summed E-state index contributed by atoms with van der Waals surface area (Å²) in [6, 6.07) is 9.91. The Kier molecular flexibility index (Phi) is 5.77. The van der Waals surface area contributed by atoms with E-state index in [1.807, 2.05) is 6.92 Å². The van der Waals surface area contributed by atoms with Gasteiger partial charge < -0.3 is 19.7 Å². The number of nitrogens with one attached hydrogen (secondary N) is 1. The van der Waals surface area contributed by atoms with Gasteiger partial charge in [-0.05, 0) is 44.2 Å². The van der Waals surface area contributed by atoms with Crippen LogP contribution >= 0.6 is 23.2 Å². The lowest BCUT2D eigenvalue weighted by molar-refractivity contribution is -0.125. The highest BCUT2D eigenvalue weighted by Gasteiger charge is 2.30. The van der Waals surface area contributed by atoms with Gasteiger partial charge in [-0.15, -0.1) is 0 Å². The van der Waals surface area contributed by atoms with E-state index in [-0.39, 0.29) is 18.4 Å². The van der Waals surface area contributed by atoms with E-state index in [1.165, 1.54) is 0 Å². The summed E-state index contributed by atoms with van der Waals surface area (Å²) in [7, 11) is 0. The Bertz CT molecular complexity index is 888. The van der Waals surface area contributed by atoms with Crippen molar-refractivity contribution in [2.45, 2.75) is 20.0 Å². The number of rotatable bonds is 5. The van der Waals surface area contributed by atoms with Crippen LogP contribution in [0.25, 0.3) is 0 Å². The number of carbonyl (C=O) groups excluding carboxylic acids is 2.